The van der Waals surface area contributed by atoms with Gasteiger partial charge in [0.05, 0.1) is 12.2 Å². The SMILES string of the molecule is O=C(O)CCC/C=C\C[C@@H]1[C@@H](/C=C/[C@@H](O)COc2cccc(Cl)c2)[C@H](O)C[C@@H]1O.[H-].[Na+]. The molecule has 0 radical (unpaired) electrons. The molecule has 8 heteroatoms. The molecular formula is C22H30ClNaO6. The van der Waals surface area contributed by atoms with Crippen LogP contribution in [0.25, 0.3) is 0 Å². The average Bonchev–Trinajstić information content (AvgIpc) is 2.93. The zero-order valence-corrected chi connectivity index (χ0v) is 20.0. The molecule has 0 heterocycles. The van der Waals surface area contributed by atoms with Crippen molar-refractivity contribution in [3.05, 3.63) is 53.6 Å². The fourth-order valence-corrected chi connectivity index (χ4v) is 3.68. The number of unbranched alkanes of at least 4 members (excludes halogenated alkanes) is 1. The van der Waals surface area contributed by atoms with E-state index in [0.717, 1.165) is 0 Å². The van der Waals surface area contributed by atoms with Gasteiger partial charge in [-0.2, -0.15) is 0 Å². The maximum absolute atomic E-state index is 10.5. The number of halogens is 1. The molecule has 0 amide bonds. The molecule has 30 heavy (non-hydrogen) atoms. The van der Waals surface area contributed by atoms with Crippen molar-refractivity contribution in [2.75, 3.05) is 6.61 Å². The Hall–Kier alpha value is -0.860. The number of aliphatic hydroxyl groups excluding tert-OH is 3. The van der Waals surface area contributed by atoms with Gasteiger partial charge in [0.1, 0.15) is 18.5 Å². The van der Waals surface area contributed by atoms with Gasteiger partial charge < -0.3 is 26.6 Å². The first-order valence-corrected chi connectivity index (χ1v) is 10.2. The summed E-state index contributed by atoms with van der Waals surface area (Å²) in [5.74, 6) is -0.671. The normalized spacial score (nSPS) is 24.8. The molecule has 5 atom stereocenters. The third-order valence-electron chi connectivity index (χ3n) is 5.02. The predicted octanol–water partition coefficient (Wildman–Crippen LogP) is 0.312. The number of carboxylic acid groups (broad SMARTS) is 1. The minimum atomic E-state index is -0.855. The van der Waals surface area contributed by atoms with E-state index < -0.39 is 24.3 Å². The summed E-state index contributed by atoms with van der Waals surface area (Å²) >= 11 is 5.90. The summed E-state index contributed by atoms with van der Waals surface area (Å²) in [6, 6.07) is 6.90. The van der Waals surface area contributed by atoms with Crippen LogP contribution in [0.4, 0.5) is 0 Å². The largest absolute Gasteiger partial charge is 1.00 e. The molecule has 0 unspecified atom stereocenters. The van der Waals surface area contributed by atoms with Crippen LogP contribution < -0.4 is 34.3 Å². The summed E-state index contributed by atoms with van der Waals surface area (Å²) in [4.78, 5) is 10.5. The van der Waals surface area contributed by atoms with Gasteiger partial charge in [-0.15, -0.1) is 0 Å². The summed E-state index contributed by atoms with van der Waals surface area (Å²) in [6.07, 6.45) is 7.26. The third-order valence-corrected chi connectivity index (χ3v) is 5.26. The fraction of sp³-hybridized carbons (Fsp3) is 0.500. The Morgan fingerprint density at radius 1 is 1.30 bits per heavy atom. The molecule has 2 rings (SSSR count). The predicted molar refractivity (Wildman–Crippen MR) is 112 cm³/mol. The number of rotatable bonds is 11. The first-order chi connectivity index (χ1) is 13.9. The number of carboxylic acids is 1. The molecule has 0 bridgehead atoms. The van der Waals surface area contributed by atoms with Gasteiger partial charge in [0.15, 0.2) is 0 Å². The van der Waals surface area contributed by atoms with E-state index in [2.05, 4.69) is 0 Å². The van der Waals surface area contributed by atoms with E-state index in [9.17, 15) is 20.1 Å². The van der Waals surface area contributed by atoms with Gasteiger partial charge in [0.2, 0.25) is 0 Å². The van der Waals surface area contributed by atoms with Gasteiger partial charge >= 0.3 is 35.5 Å². The van der Waals surface area contributed by atoms with E-state index in [1.807, 2.05) is 12.2 Å². The van der Waals surface area contributed by atoms with Crippen LogP contribution in [0.1, 0.15) is 33.5 Å². The van der Waals surface area contributed by atoms with Crippen LogP contribution in [-0.4, -0.2) is 51.3 Å². The van der Waals surface area contributed by atoms with Crippen molar-refractivity contribution in [3.63, 3.8) is 0 Å². The van der Waals surface area contributed by atoms with Gasteiger partial charge in [-0.3, -0.25) is 4.79 Å². The maximum Gasteiger partial charge on any atom is 1.00 e. The molecule has 1 aromatic rings. The van der Waals surface area contributed by atoms with Crippen molar-refractivity contribution < 1.29 is 60.9 Å². The van der Waals surface area contributed by atoms with Crippen molar-refractivity contribution >= 4 is 17.6 Å². The minimum Gasteiger partial charge on any atom is -1.00 e. The van der Waals surface area contributed by atoms with Gasteiger partial charge in [-0.05, 0) is 43.4 Å². The van der Waals surface area contributed by atoms with Gasteiger partial charge in [-0.1, -0.05) is 42.0 Å². The Bertz CT molecular complexity index is 717. The van der Waals surface area contributed by atoms with Gasteiger partial charge in [0.25, 0.3) is 0 Å². The zero-order chi connectivity index (χ0) is 21.2. The maximum atomic E-state index is 10.5. The van der Waals surface area contributed by atoms with Crippen LogP contribution in [-0.2, 0) is 4.79 Å². The summed E-state index contributed by atoms with van der Waals surface area (Å²) in [5.41, 5.74) is 0. The molecule has 1 aliphatic rings. The van der Waals surface area contributed by atoms with Crippen LogP contribution in [0, 0.1) is 11.8 Å². The summed E-state index contributed by atoms with van der Waals surface area (Å²) < 4.78 is 5.51. The van der Waals surface area contributed by atoms with E-state index in [4.69, 9.17) is 21.4 Å². The number of aliphatic carboxylic acids is 1. The van der Waals surface area contributed by atoms with E-state index in [-0.39, 0.29) is 55.8 Å². The quantitative estimate of drug-likeness (QED) is 0.220. The second kappa shape index (κ2) is 14.2. The Morgan fingerprint density at radius 3 is 2.77 bits per heavy atom. The number of allylic oxidation sites excluding steroid dienone is 2. The first kappa shape index (κ1) is 27.2. The second-order valence-corrected chi connectivity index (χ2v) is 7.76. The van der Waals surface area contributed by atoms with Gasteiger partial charge in [0, 0.05) is 23.8 Å². The molecule has 1 saturated carbocycles. The Labute approximate surface area is 206 Å². The number of carbonyl (C=O) groups is 1. The van der Waals surface area contributed by atoms with E-state index in [1.54, 1.807) is 36.4 Å². The average molecular weight is 449 g/mol. The van der Waals surface area contributed by atoms with Crippen molar-refractivity contribution in [2.45, 2.75) is 50.4 Å². The minimum absolute atomic E-state index is 0. The third kappa shape index (κ3) is 9.52. The molecule has 0 aliphatic heterocycles. The smallest absolute Gasteiger partial charge is 1.00 e. The molecule has 1 fully saturated rings. The Kier molecular flexibility index (Phi) is 12.9. The monoisotopic (exact) mass is 448 g/mol. The van der Waals surface area contributed by atoms with Crippen LogP contribution in [0.5, 0.6) is 5.75 Å². The van der Waals surface area contributed by atoms with Crippen molar-refractivity contribution in [1.29, 1.82) is 0 Å². The Morgan fingerprint density at radius 2 is 2.07 bits per heavy atom. The topological polar surface area (TPSA) is 107 Å². The van der Waals surface area contributed by atoms with E-state index >= 15 is 0 Å². The molecule has 1 aromatic carbocycles. The number of hydrogen-bond donors (Lipinski definition) is 4. The molecule has 4 N–H and O–H groups in total. The van der Waals surface area contributed by atoms with Crippen LogP contribution in [0.2, 0.25) is 5.02 Å². The first-order valence-electron chi connectivity index (χ1n) is 9.84. The Balaban J connectivity index is 0.00000450. The van der Waals surface area contributed by atoms with E-state index in [1.165, 1.54) is 0 Å². The fourth-order valence-electron chi connectivity index (χ4n) is 3.50. The van der Waals surface area contributed by atoms with E-state index in [0.29, 0.717) is 36.5 Å². The van der Waals surface area contributed by atoms with Crippen molar-refractivity contribution in [2.24, 2.45) is 11.8 Å². The van der Waals surface area contributed by atoms with Crippen LogP contribution >= 0.6 is 11.6 Å². The standard InChI is InChI=1S/C22H29ClO6.Na.H/c23-15-6-5-7-17(12-15)29-14-16(24)10-11-19-18(20(25)13-21(19)26)8-3-1-2-4-9-22(27)28;;/h1,3,5-7,10-12,16,18-21,24-26H,2,4,8-9,13-14H2,(H,27,28);;/q;+1;-1/b3-1-,11-10+;;/t16-,18-,19-,20+,21-;;/m1../s1. The molecular weight excluding hydrogens is 419 g/mol. The van der Waals surface area contributed by atoms with Crippen molar-refractivity contribution in [1.82, 2.24) is 0 Å². The summed E-state index contributed by atoms with van der Waals surface area (Å²) in [6.45, 7) is 0.0519. The van der Waals surface area contributed by atoms with Crippen LogP contribution in [0.3, 0.4) is 0 Å². The van der Waals surface area contributed by atoms with Crippen LogP contribution in [0.15, 0.2) is 48.6 Å². The zero-order valence-electron chi connectivity index (χ0n) is 18.2. The number of aliphatic hydroxyl groups is 3. The number of ether oxygens (including phenoxy) is 1. The van der Waals surface area contributed by atoms with Crippen molar-refractivity contribution in [3.8, 4) is 5.75 Å². The summed E-state index contributed by atoms with van der Waals surface area (Å²) in [7, 11) is 0. The molecule has 6 nitrogen and oxygen atoms in total. The number of benzene rings is 1. The number of hydrogen-bond acceptors (Lipinski definition) is 5. The molecule has 0 aromatic heterocycles. The summed E-state index contributed by atoms with van der Waals surface area (Å²) in [5, 5.41) is 39.8. The molecule has 0 saturated heterocycles. The molecule has 0 spiro atoms. The second-order valence-electron chi connectivity index (χ2n) is 7.33. The van der Waals surface area contributed by atoms with Gasteiger partial charge in [-0.25, -0.2) is 0 Å². The molecule has 162 valence electrons. The molecule has 1 aliphatic carbocycles.